The minimum absolute atomic E-state index is 0.0980. The van der Waals surface area contributed by atoms with Crippen molar-refractivity contribution in [3.8, 4) is 28.6 Å². The molecule has 6 nitrogen and oxygen atoms in total. The number of benzene rings is 3. The number of nitrogens with zero attached hydrogens (tertiary/aromatic N) is 2. The average Bonchev–Trinajstić information content (AvgIpc) is 2.85. The Morgan fingerprint density at radius 3 is 2.22 bits per heavy atom. The van der Waals surface area contributed by atoms with Gasteiger partial charge in [0.15, 0.2) is 11.5 Å². The first-order valence-corrected chi connectivity index (χ1v) is 10.3. The van der Waals surface area contributed by atoms with Crippen molar-refractivity contribution >= 4 is 5.91 Å². The maximum Gasteiger partial charge on any atom is 0.251 e. The molecular weight excluding hydrogens is 402 g/mol. The number of hydrogen-bond acceptors (Lipinski definition) is 5. The number of carbonyl (C=O) groups excluding carboxylic acids is 1. The molecule has 0 spiro atoms. The highest BCUT2D eigenvalue weighted by Crippen LogP contribution is 2.30. The zero-order valence-electron chi connectivity index (χ0n) is 17.7. The first-order valence-electron chi connectivity index (χ1n) is 10.3. The summed E-state index contributed by atoms with van der Waals surface area (Å²) >= 11 is 0. The number of methoxy groups -OCH3 is 1. The molecule has 1 aromatic heterocycles. The van der Waals surface area contributed by atoms with E-state index in [1.807, 2.05) is 54.6 Å². The van der Waals surface area contributed by atoms with Gasteiger partial charge in [-0.05, 0) is 42.3 Å². The van der Waals surface area contributed by atoms with Gasteiger partial charge in [-0.25, -0.2) is 0 Å². The van der Waals surface area contributed by atoms with Crippen molar-refractivity contribution in [1.82, 2.24) is 15.5 Å². The monoisotopic (exact) mass is 425 g/mol. The molecule has 1 heterocycles. The highest BCUT2D eigenvalue weighted by molar-refractivity contribution is 5.94. The standard InChI is InChI=1S/C26H23N3O3/c1-31-23-9-5-6-10-24(23)32-25-16-15-22(28-29-25)20-11-13-21(14-12-20)26(30)27-18-17-19-7-3-2-4-8-19/h2-16H,17-18H2,1H3,(H,27,30). The van der Waals surface area contributed by atoms with E-state index in [2.05, 4.69) is 27.6 Å². The molecule has 32 heavy (non-hydrogen) atoms. The van der Waals surface area contributed by atoms with Crippen LogP contribution in [-0.2, 0) is 6.42 Å². The van der Waals surface area contributed by atoms with Crippen molar-refractivity contribution in [2.75, 3.05) is 13.7 Å². The number of nitrogens with one attached hydrogen (secondary N) is 1. The second-order valence-corrected chi connectivity index (χ2v) is 7.08. The molecule has 4 aromatic rings. The van der Waals surface area contributed by atoms with Gasteiger partial charge >= 0.3 is 0 Å². The summed E-state index contributed by atoms with van der Waals surface area (Å²) in [7, 11) is 1.59. The Bertz CT molecular complexity index is 1160. The maximum absolute atomic E-state index is 12.4. The van der Waals surface area contributed by atoms with Crippen LogP contribution >= 0.6 is 0 Å². The van der Waals surface area contributed by atoms with Crippen LogP contribution in [0.1, 0.15) is 15.9 Å². The zero-order valence-corrected chi connectivity index (χ0v) is 17.7. The van der Waals surface area contributed by atoms with Crippen LogP contribution in [-0.4, -0.2) is 29.8 Å². The highest BCUT2D eigenvalue weighted by Gasteiger charge is 2.09. The number of ether oxygens (including phenoxy) is 2. The summed E-state index contributed by atoms with van der Waals surface area (Å²) in [6, 6.07) is 28.3. The minimum Gasteiger partial charge on any atom is -0.493 e. The van der Waals surface area contributed by atoms with Gasteiger partial charge in [0.2, 0.25) is 5.88 Å². The van der Waals surface area contributed by atoms with E-state index in [4.69, 9.17) is 9.47 Å². The fraction of sp³-hybridized carbons (Fsp3) is 0.115. The van der Waals surface area contributed by atoms with E-state index in [0.29, 0.717) is 35.2 Å². The van der Waals surface area contributed by atoms with Gasteiger partial charge in [0.05, 0.1) is 12.8 Å². The number of hydrogen-bond donors (Lipinski definition) is 1. The van der Waals surface area contributed by atoms with Gasteiger partial charge in [0.1, 0.15) is 0 Å². The Morgan fingerprint density at radius 2 is 1.53 bits per heavy atom. The summed E-state index contributed by atoms with van der Waals surface area (Å²) in [4.78, 5) is 12.4. The largest absolute Gasteiger partial charge is 0.493 e. The van der Waals surface area contributed by atoms with Gasteiger partial charge < -0.3 is 14.8 Å². The molecule has 0 saturated heterocycles. The first kappa shape index (κ1) is 21.1. The molecule has 0 saturated carbocycles. The maximum atomic E-state index is 12.4. The second-order valence-electron chi connectivity index (χ2n) is 7.08. The Labute approximate surface area is 186 Å². The van der Waals surface area contributed by atoms with Crippen molar-refractivity contribution in [3.63, 3.8) is 0 Å². The fourth-order valence-corrected chi connectivity index (χ4v) is 3.20. The molecule has 4 rings (SSSR count). The van der Waals surface area contributed by atoms with Gasteiger partial charge in [0, 0.05) is 23.7 Å². The van der Waals surface area contributed by atoms with E-state index in [-0.39, 0.29) is 5.91 Å². The second kappa shape index (κ2) is 10.2. The molecule has 1 N–H and O–H groups in total. The van der Waals surface area contributed by atoms with Crippen molar-refractivity contribution in [2.24, 2.45) is 0 Å². The van der Waals surface area contributed by atoms with Crippen molar-refractivity contribution < 1.29 is 14.3 Å². The minimum atomic E-state index is -0.0980. The lowest BCUT2D eigenvalue weighted by atomic mass is 10.1. The van der Waals surface area contributed by atoms with Crippen LogP contribution in [0, 0.1) is 0 Å². The van der Waals surface area contributed by atoms with Crippen LogP contribution in [0.2, 0.25) is 0 Å². The molecule has 6 heteroatoms. The fourth-order valence-electron chi connectivity index (χ4n) is 3.20. The van der Waals surface area contributed by atoms with E-state index in [0.717, 1.165) is 12.0 Å². The smallest absolute Gasteiger partial charge is 0.251 e. The summed E-state index contributed by atoms with van der Waals surface area (Å²) in [6.07, 6.45) is 0.795. The lowest BCUT2D eigenvalue weighted by Crippen LogP contribution is -2.25. The number of aromatic nitrogens is 2. The summed E-state index contributed by atoms with van der Waals surface area (Å²) in [5, 5.41) is 11.3. The van der Waals surface area contributed by atoms with Crippen molar-refractivity contribution in [3.05, 3.63) is 102 Å². The van der Waals surface area contributed by atoms with E-state index in [1.165, 1.54) is 5.56 Å². The molecule has 0 aliphatic heterocycles. The molecule has 160 valence electrons. The Morgan fingerprint density at radius 1 is 0.812 bits per heavy atom. The molecule has 0 bridgehead atoms. The van der Waals surface area contributed by atoms with Gasteiger partial charge in [-0.2, -0.15) is 0 Å². The van der Waals surface area contributed by atoms with Gasteiger partial charge in [-0.3, -0.25) is 4.79 Å². The number of para-hydroxylation sites is 2. The predicted molar refractivity (Wildman–Crippen MR) is 123 cm³/mol. The van der Waals surface area contributed by atoms with E-state index in [9.17, 15) is 4.79 Å². The summed E-state index contributed by atoms with van der Waals surface area (Å²) in [6.45, 7) is 0.587. The molecule has 0 radical (unpaired) electrons. The molecule has 1 amide bonds. The SMILES string of the molecule is COc1ccccc1Oc1ccc(-c2ccc(C(=O)NCCc3ccccc3)cc2)nn1. The predicted octanol–water partition coefficient (Wildman–Crippen LogP) is 4.92. The molecule has 0 aliphatic carbocycles. The van der Waals surface area contributed by atoms with Gasteiger partial charge in [0.25, 0.3) is 5.91 Å². The first-order chi connectivity index (χ1) is 15.7. The van der Waals surface area contributed by atoms with Crippen LogP contribution in [0.4, 0.5) is 0 Å². The van der Waals surface area contributed by atoms with Crippen LogP contribution < -0.4 is 14.8 Å². The van der Waals surface area contributed by atoms with Crippen LogP contribution in [0.15, 0.2) is 91.0 Å². The average molecular weight is 425 g/mol. The summed E-state index contributed by atoms with van der Waals surface area (Å²) in [5.74, 6) is 1.46. The molecule has 0 fully saturated rings. The van der Waals surface area contributed by atoms with Crippen molar-refractivity contribution in [1.29, 1.82) is 0 Å². The van der Waals surface area contributed by atoms with Crippen molar-refractivity contribution in [2.45, 2.75) is 6.42 Å². The third-order valence-electron chi connectivity index (χ3n) is 4.91. The van der Waals surface area contributed by atoms with E-state index in [1.54, 1.807) is 31.4 Å². The lowest BCUT2D eigenvalue weighted by Gasteiger charge is -2.09. The quantitative estimate of drug-likeness (QED) is 0.434. The van der Waals surface area contributed by atoms with Gasteiger partial charge in [-0.1, -0.05) is 54.6 Å². The van der Waals surface area contributed by atoms with E-state index >= 15 is 0 Å². The molecule has 0 atom stereocenters. The van der Waals surface area contributed by atoms with Crippen LogP contribution in [0.5, 0.6) is 17.4 Å². The molecule has 0 aliphatic rings. The normalized spacial score (nSPS) is 10.4. The van der Waals surface area contributed by atoms with Crippen LogP contribution in [0.25, 0.3) is 11.3 Å². The number of rotatable bonds is 8. The number of amides is 1. The third-order valence-corrected chi connectivity index (χ3v) is 4.91. The molecule has 3 aromatic carbocycles. The van der Waals surface area contributed by atoms with Crippen LogP contribution in [0.3, 0.4) is 0 Å². The Balaban J connectivity index is 1.35. The zero-order chi connectivity index (χ0) is 22.2. The molecule has 0 unspecified atom stereocenters. The summed E-state index contributed by atoms with van der Waals surface area (Å²) < 4.78 is 11.0. The summed E-state index contributed by atoms with van der Waals surface area (Å²) in [5.41, 5.74) is 3.35. The lowest BCUT2D eigenvalue weighted by molar-refractivity contribution is 0.0954. The van der Waals surface area contributed by atoms with E-state index < -0.39 is 0 Å². The Hall–Kier alpha value is -4.19. The Kier molecular flexibility index (Phi) is 6.72. The third kappa shape index (κ3) is 5.29. The molecular formula is C26H23N3O3. The van der Waals surface area contributed by atoms with Gasteiger partial charge in [-0.15, -0.1) is 10.2 Å². The topological polar surface area (TPSA) is 73.3 Å². The number of carbonyl (C=O) groups is 1. The highest BCUT2D eigenvalue weighted by atomic mass is 16.5.